The van der Waals surface area contributed by atoms with Gasteiger partial charge in [-0.15, -0.1) is 0 Å². The predicted molar refractivity (Wildman–Crippen MR) is 67.1 cm³/mol. The van der Waals surface area contributed by atoms with Gasteiger partial charge >= 0.3 is 0 Å². The molecule has 3 heterocycles. The summed E-state index contributed by atoms with van der Waals surface area (Å²) in [6.45, 7) is 0. The summed E-state index contributed by atoms with van der Waals surface area (Å²) in [5.41, 5.74) is 0.914. The first-order valence-corrected chi connectivity index (χ1v) is 5.84. The number of pyridine rings is 1. The Morgan fingerprint density at radius 1 is 1.35 bits per heavy atom. The molecule has 0 bridgehead atoms. The number of hydrogen-bond donors (Lipinski definition) is 0. The Morgan fingerprint density at radius 2 is 2.24 bits per heavy atom. The molecule has 5 heteroatoms. The third-order valence-corrected chi connectivity index (χ3v) is 2.97. The molecule has 3 rings (SSSR count). The standard InChI is InChI=1S/C12H9BrN2O2/c1-16-9-3-2-6-15-8(9)7-14-12(15)10-4-5-11(13)17-10/h2-7H,1H3. The molecule has 0 amide bonds. The summed E-state index contributed by atoms with van der Waals surface area (Å²) in [6.07, 6.45) is 3.70. The SMILES string of the molecule is COc1cccn2c(-c3ccc(Br)o3)ncc12. The van der Waals surface area contributed by atoms with Crippen LogP contribution in [0.25, 0.3) is 17.1 Å². The van der Waals surface area contributed by atoms with Crippen molar-refractivity contribution in [1.82, 2.24) is 9.38 Å². The Morgan fingerprint density at radius 3 is 2.94 bits per heavy atom. The van der Waals surface area contributed by atoms with E-state index in [9.17, 15) is 0 Å². The number of imidazole rings is 1. The minimum Gasteiger partial charge on any atom is -0.494 e. The molecule has 0 N–H and O–H groups in total. The van der Waals surface area contributed by atoms with E-state index < -0.39 is 0 Å². The van der Waals surface area contributed by atoms with Crippen molar-refractivity contribution in [3.05, 3.63) is 41.3 Å². The van der Waals surface area contributed by atoms with Gasteiger partial charge in [0.25, 0.3) is 0 Å². The van der Waals surface area contributed by atoms with Crippen molar-refractivity contribution in [2.24, 2.45) is 0 Å². The monoisotopic (exact) mass is 292 g/mol. The average Bonchev–Trinajstić information content (AvgIpc) is 2.94. The van der Waals surface area contributed by atoms with Crippen molar-refractivity contribution in [1.29, 1.82) is 0 Å². The molecule has 3 aromatic heterocycles. The van der Waals surface area contributed by atoms with E-state index in [1.807, 2.05) is 34.9 Å². The van der Waals surface area contributed by atoms with Crippen LogP contribution in [0, 0.1) is 0 Å². The Kier molecular flexibility index (Phi) is 2.40. The number of fused-ring (bicyclic) bond motifs is 1. The fraction of sp³-hybridized carbons (Fsp3) is 0.0833. The van der Waals surface area contributed by atoms with Gasteiger partial charge in [0, 0.05) is 6.20 Å². The van der Waals surface area contributed by atoms with Crippen LogP contribution < -0.4 is 4.74 Å². The van der Waals surface area contributed by atoms with Crippen LogP contribution in [0.1, 0.15) is 0 Å². The Bertz CT molecular complexity index is 672. The molecule has 17 heavy (non-hydrogen) atoms. The van der Waals surface area contributed by atoms with Crippen molar-refractivity contribution in [3.8, 4) is 17.3 Å². The van der Waals surface area contributed by atoms with E-state index in [-0.39, 0.29) is 0 Å². The minimum atomic E-state index is 0.687. The van der Waals surface area contributed by atoms with E-state index in [0.29, 0.717) is 10.4 Å². The molecule has 3 aromatic rings. The molecule has 0 fully saturated rings. The second-order valence-electron chi connectivity index (χ2n) is 3.52. The van der Waals surface area contributed by atoms with E-state index in [1.54, 1.807) is 13.3 Å². The molecule has 0 aliphatic carbocycles. The Balaban J connectivity index is 2.25. The Labute approximate surface area is 106 Å². The van der Waals surface area contributed by atoms with Crippen molar-refractivity contribution < 1.29 is 9.15 Å². The smallest absolute Gasteiger partial charge is 0.180 e. The highest BCUT2D eigenvalue weighted by Crippen LogP contribution is 2.27. The molecule has 0 aliphatic rings. The quantitative estimate of drug-likeness (QED) is 0.727. The van der Waals surface area contributed by atoms with Gasteiger partial charge in [-0.05, 0) is 40.2 Å². The van der Waals surface area contributed by atoms with Gasteiger partial charge in [-0.3, -0.25) is 4.40 Å². The maximum Gasteiger partial charge on any atom is 0.180 e. The fourth-order valence-corrected chi connectivity index (χ4v) is 2.09. The fourth-order valence-electron chi connectivity index (χ4n) is 1.79. The lowest BCUT2D eigenvalue weighted by atomic mass is 10.4. The van der Waals surface area contributed by atoms with Gasteiger partial charge in [-0.2, -0.15) is 0 Å². The van der Waals surface area contributed by atoms with Crippen molar-refractivity contribution >= 4 is 21.4 Å². The van der Waals surface area contributed by atoms with Gasteiger partial charge in [-0.25, -0.2) is 4.98 Å². The number of aromatic nitrogens is 2. The second kappa shape index (κ2) is 3.92. The van der Waals surface area contributed by atoms with Gasteiger partial charge < -0.3 is 9.15 Å². The highest BCUT2D eigenvalue weighted by atomic mass is 79.9. The number of nitrogens with zero attached hydrogens (tertiary/aromatic N) is 2. The van der Waals surface area contributed by atoms with Crippen LogP contribution in [0.15, 0.2) is 45.7 Å². The minimum absolute atomic E-state index is 0.687. The molecular weight excluding hydrogens is 284 g/mol. The maximum absolute atomic E-state index is 5.50. The van der Waals surface area contributed by atoms with Gasteiger partial charge in [0.15, 0.2) is 16.3 Å². The highest BCUT2D eigenvalue weighted by molar-refractivity contribution is 9.10. The summed E-state index contributed by atoms with van der Waals surface area (Å²) < 4.78 is 13.4. The van der Waals surface area contributed by atoms with Gasteiger partial charge in [0.1, 0.15) is 11.3 Å². The van der Waals surface area contributed by atoms with Gasteiger partial charge in [-0.1, -0.05) is 0 Å². The first kappa shape index (κ1) is 10.4. The third-order valence-electron chi connectivity index (χ3n) is 2.55. The summed E-state index contributed by atoms with van der Waals surface area (Å²) in [5, 5.41) is 0. The van der Waals surface area contributed by atoms with E-state index in [0.717, 1.165) is 17.1 Å². The summed E-state index contributed by atoms with van der Waals surface area (Å²) in [7, 11) is 1.64. The first-order chi connectivity index (χ1) is 8.29. The molecule has 0 saturated carbocycles. The normalized spacial score (nSPS) is 10.9. The number of halogens is 1. The summed E-state index contributed by atoms with van der Waals surface area (Å²) in [5.74, 6) is 2.26. The number of methoxy groups -OCH3 is 1. The van der Waals surface area contributed by atoms with Crippen LogP contribution in [-0.4, -0.2) is 16.5 Å². The molecule has 0 radical (unpaired) electrons. The zero-order valence-corrected chi connectivity index (χ0v) is 10.6. The highest BCUT2D eigenvalue weighted by Gasteiger charge is 2.12. The van der Waals surface area contributed by atoms with Crippen LogP contribution in [0.2, 0.25) is 0 Å². The van der Waals surface area contributed by atoms with Crippen molar-refractivity contribution in [3.63, 3.8) is 0 Å². The number of furan rings is 1. The number of ether oxygens (including phenoxy) is 1. The third kappa shape index (κ3) is 1.63. The van der Waals surface area contributed by atoms with Gasteiger partial charge in [0.2, 0.25) is 0 Å². The van der Waals surface area contributed by atoms with E-state index >= 15 is 0 Å². The molecule has 86 valence electrons. The maximum atomic E-state index is 5.50. The lowest BCUT2D eigenvalue weighted by molar-refractivity contribution is 0.418. The lowest BCUT2D eigenvalue weighted by Crippen LogP contribution is -1.90. The summed E-state index contributed by atoms with van der Waals surface area (Å²) >= 11 is 3.28. The van der Waals surface area contributed by atoms with E-state index in [1.165, 1.54) is 0 Å². The van der Waals surface area contributed by atoms with Crippen LogP contribution >= 0.6 is 15.9 Å². The molecule has 0 atom stereocenters. The molecule has 4 nitrogen and oxygen atoms in total. The van der Waals surface area contributed by atoms with Crippen molar-refractivity contribution in [2.75, 3.05) is 7.11 Å². The number of hydrogen-bond acceptors (Lipinski definition) is 3. The van der Waals surface area contributed by atoms with Gasteiger partial charge in [0.05, 0.1) is 13.3 Å². The summed E-state index contributed by atoms with van der Waals surface area (Å²) in [4.78, 5) is 4.36. The van der Waals surface area contributed by atoms with Crippen LogP contribution in [-0.2, 0) is 0 Å². The molecular formula is C12H9BrN2O2. The molecule has 0 saturated heterocycles. The van der Waals surface area contributed by atoms with E-state index in [4.69, 9.17) is 9.15 Å². The van der Waals surface area contributed by atoms with E-state index in [2.05, 4.69) is 20.9 Å². The molecule has 0 aliphatic heterocycles. The van der Waals surface area contributed by atoms with Crippen LogP contribution in [0.4, 0.5) is 0 Å². The predicted octanol–water partition coefficient (Wildman–Crippen LogP) is 3.37. The Hall–Kier alpha value is -1.75. The second-order valence-corrected chi connectivity index (χ2v) is 4.30. The number of rotatable bonds is 2. The molecule has 0 unspecified atom stereocenters. The average molecular weight is 293 g/mol. The van der Waals surface area contributed by atoms with Crippen molar-refractivity contribution in [2.45, 2.75) is 0 Å². The topological polar surface area (TPSA) is 39.7 Å². The molecule has 0 aromatic carbocycles. The zero-order valence-electron chi connectivity index (χ0n) is 9.05. The van der Waals surface area contributed by atoms with Crippen LogP contribution in [0.5, 0.6) is 5.75 Å². The first-order valence-electron chi connectivity index (χ1n) is 5.05. The largest absolute Gasteiger partial charge is 0.494 e. The molecule has 0 spiro atoms. The zero-order chi connectivity index (χ0) is 11.8. The summed E-state index contributed by atoms with van der Waals surface area (Å²) in [6, 6.07) is 7.53. The lowest BCUT2D eigenvalue weighted by Gasteiger charge is -2.02. The van der Waals surface area contributed by atoms with Crippen LogP contribution in [0.3, 0.4) is 0 Å².